The van der Waals surface area contributed by atoms with Crippen LogP contribution >= 0.6 is 12.2 Å². The molecule has 0 amide bonds. The summed E-state index contributed by atoms with van der Waals surface area (Å²) in [5.74, 6) is 0.623. The lowest BCUT2D eigenvalue weighted by Gasteiger charge is -2.29. The van der Waals surface area contributed by atoms with Gasteiger partial charge in [-0.1, -0.05) is 26.2 Å². The van der Waals surface area contributed by atoms with Crippen LogP contribution in [-0.4, -0.2) is 9.55 Å². The summed E-state index contributed by atoms with van der Waals surface area (Å²) >= 11 is 5.48. The van der Waals surface area contributed by atoms with Gasteiger partial charge in [0, 0.05) is 6.04 Å². The number of nitrogens with zero attached hydrogens (tertiary/aromatic N) is 1. The zero-order chi connectivity index (χ0) is 14.3. The van der Waals surface area contributed by atoms with Crippen molar-refractivity contribution in [3.05, 3.63) is 28.3 Å². The Morgan fingerprint density at radius 2 is 2.20 bits per heavy atom. The van der Waals surface area contributed by atoms with Crippen LogP contribution in [0.5, 0.6) is 0 Å². The van der Waals surface area contributed by atoms with Gasteiger partial charge in [-0.15, -0.1) is 0 Å². The van der Waals surface area contributed by atoms with Crippen LogP contribution in [0, 0.1) is 23.4 Å². The van der Waals surface area contributed by atoms with Gasteiger partial charge in [0.15, 0.2) is 4.77 Å². The molecule has 4 heteroatoms. The number of nitrogens with one attached hydrogen (secondary N) is 1. The average Bonchev–Trinajstić information content (AvgIpc) is 2.74. The fraction of sp³-hybridized carbons (Fsp3) is 0.562. The molecule has 2 atom stereocenters. The van der Waals surface area contributed by atoms with E-state index >= 15 is 0 Å². The third-order valence-corrected chi connectivity index (χ3v) is 4.99. The molecule has 0 bridgehead atoms. The molecule has 0 radical (unpaired) electrons. The molecule has 1 saturated carbocycles. The van der Waals surface area contributed by atoms with Crippen molar-refractivity contribution in [3.8, 4) is 0 Å². The van der Waals surface area contributed by atoms with Crippen molar-refractivity contribution in [2.24, 2.45) is 5.92 Å². The molecule has 20 heavy (non-hydrogen) atoms. The van der Waals surface area contributed by atoms with Crippen LogP contribution in [-0.2, 0) is 0 Å². The van der Waals surface area contributed by atoms with Crippen molar-refractivity contribution in [1.29, 1.82) is 0 Å². The standard InChI is InChI=1S/C16H21FN2S/c1-3-11-5-4-6-12(8-11)19-15-7-10(2)13(17)9-14(15)18-16(19)20/h7,9,11-12H,3-6,8H2,1-2H3,(H,18,20). The molecule has 1 aliphatic carbocycles. The minimum Gasteiger partial charge on any atom is -0.330 e. The van der Waals surface area contributed by atoms with Crippen molar-refractivity contribution < 1.29 is 4.39 Å². The van der Waals surface area contributed by atoms with E-state index in [2.05, 4.69) is 16.5 Å². The van der Waals surface area contributed by atoms with Crippen molar-refractivity contribution >= 4 is 23.3 Å². The number of hydrogen-bond acceptors (Lipinski definition) is 1. The Morgan fingerprint density at radius 3 is 2.95 bits per heavy atom. The average molecular weight is 292 g/mol. The number of imidazole rings is 1. The van der Waals surface area contributed by atoms with Crippen LogP contribution < -0.4 is 0 Å². The van der Waals surface area contributed by atoms with Crippen LogP contribution in [0.25, 0.3) is 11.0 Å². The highest BCUT2D eigenvalue weighted by Gasteiger charge is 2.24. The first-order chi connectivity index (χ1) is 9.60. The maximum absolute atomic E-state index is 13.7. The van der Waals surface area contributed by atoms with E-state index in [1.807, 2.05) is 13.0 Å². The van der Waals surface area contributed by atoms with Gasteiger partial charge in [0.25, 0.3) is 0 Å². The van der Waals surface area contributed by atoms with Gasteiger partial charge in [0.2, 0.25) is 0 Å². The van der Waals surface area contributed by atoms with E-state index in [1.54, 1.807) is 6.07 Å². The molecular formula is C16H21FN2S. The Kier molecular flexibility index (Phi) is 3.67. The number of H-pyrrole nitrogens is 1. The predicted molar refractivity (Wildman–Crippen MR) is 83.1 cm³/mol. The van der Waals surface area contributed by atoms with Crippen molar-refractivity contribution in [1.82, 2.24) is 9.55 Å². The van der Waals surface area contributed by atoms with Gasteiger partial charge in [-0.3, -0.25) is 0 Å². The summed E-state index contributed by atoms with van der Waals surface area (Å²) in [6.07, 6.45) is 6.19. The lowest BCUT2D eigenvalue weighted by Crippen LogP contribution is -2.19. The molecule has 2 aromatic rings. The highest BCUT2D eigenvalue weighted by Crippen LogP contribution is 2.36. The molecule has 2 unspecified atom stereocenters. The highest BCUT2D eigenvalue weighted by atomic mass is 32.1. The number of aromatic nitrogens is 2. The molecule has 0 aliphatic heterocycles. The first kappa shape index (κ1) is 13.8. The van der Waals surface area contributed by atoms with E-state index in [0.29, 0.717) is 11.6 Å². The van der Waals surface area contributed by atoms with Crippen molar-refractivity contribution in [2.75, 3.05) is 0 Å². The van der Waals surface area contributed by atoms with Crippen LogP contribution in [0.3, 0.4) is 0 Å². The zero-order valence-corrected chi connectivity index (χ0v) is 12.9. The molecule has 1 aromatic carbocycles. The van der Waals surface area contributed by atoms with Gasteiger partial charge in [0.05, 0.1) is 11.0 Å². The number of hydrogen-bond donors (Lipinski definition) is 1. The Balaban J connectivity index is 2.08. The molecule has 0 spiro atoms. The maximum atomic E-state index is 13.7. The van der Waals surface area contributed by atoms with E-state index in [-0.39, 0.29) is 5.82 Å². The third kappa shape index (κ3) is 2.30. The van der Waals surface area contributed by atoms with Gasteiger partial charge >= 0.3 is 0 Å². The van der Waals surface area contributed by atoms with Gasteiger partial charge in [-0.2, -0.15) is 0 Å². The predicted octanol–water partition coefficient (Wildman–Crippen LogP) is 5.29. The number of fused-ring (bicyclic) bond motifs is 1. The summed E-state index contributed by atoms with van der Waals surface area (Å²) < 4.78 is 16.6. The normalized spacial score (nSPS) is 23.4. The zero-order valence-electron chi connectivity index (χ0n) is 12.1. The van der Waals surface area contributed by atoms with Crippen LogP contribution in [0.15, 0.2) is 12.1 Å². The van der Waals surface area contributed by atoms with E-state index in [1.165, 1.54) is 32.1 Å². The van der Waals surface area contributed by atoms with Gasteiger partial charge < -0.3 is 9.55 Å². The van der Waals surface area contributed by atoms with E-state index in [9.17, 15) is 4.39 Å². The molecule has 1 N–H and O–H groups in total. The van der Waals surface area contributed by atoms with Crippen LogP contribution in [0.2, 0.25) is 0 Å². The Bertz CT molecular complexity index is 686. The second-order valence-corrected chi connectivity index (χ2v) is 6.40. The van der Waals surface area contributed by atoms with Gasteiger partial charge in [0.1, 0.15) is 5.82 Å². The molecule has 1 aromatic heterocycles. The van der Waals surface area contributed by atoms with Crippen molar-refractivity contribution in [3.63, 3.8) is 0 Å². The molecular weight excluding hydrogens is 271 g/mol. The number of benzene rings is 1. The molecule has 2 nitrogen and oxygen atoms in total. The maximum Gasteiger partial charge on any atom is 0.178 e. The Hall–Kier alpha value is -1.16. The SMILES string of the molecule is CCC1CCCC(n2c(=S)[nH]c3cc(F)c(C)cc32)C1. The smallest absolute Gasteiger partial charge is 0.178 e. The number of rotatable bonds is 2. The molecule has 3 rings (SSSR count). The topological polar surface area (TPSA) is 20.7 Å². The highest BCUT2D eigenvalue weighted by molar-refractivity contribution is 7.71. The number of aryl methyl sites for hydroxylation is 1. The molecule has 1 heterocycles. The minimum atomic E-state index is -0.170. The minimum absolute atomic E-state index is 0.170. The summed E-state index contributed by atoms with van der Waals surface area (Å²) in [5, 5.41) is 0. The third-order valence-electron chi connectivity index (χ3n) is 4.69. The van der Waals surface area contributed by atoms with Crippen LogP contribution in [0.4, 0.5) is 4.39 Å². The second kappa shape index (κ2) is 5.32. The van der Waals surface area contributed by atoms with E-state index < -0.39 is 0 Å². The van der Waals surface area contributed by atoms with E-state index in [4.69, 9.17) is 12.2 Å². The molecule has 1 aliphatic rings. The summed E-state index contributed by atoms with van der Waals surface area (Å²) in [4.78, 5) is 3.16. The molecule has 1 fully saturated rings. The summed E-state index contributed by atoms with van der Waals surface area (Å²) in [7, 11) is 0. The first-order valence-electron chi connectivity index (χ1n) is 7.50. The van der Waals surface area contributed by atoms with Crippen molar-refractivity contribution in [2.45, 2.75) is 52.0 Å². The first-order valence-corrected chi connectivity index (χ1v) is 7.91. The van der Waals surface area contributed by atoms with Crippen LogP contribution in [0.1, 0.15) is 50.6 Å². The lowest BCUT2D eigenvalue weighted by molar-refractivity contribution is 0.263. The van der Waals surface area contributed by atoms with Gasteiger partial charge in [-0.25, -0.2) is 4.39 Å². The molecule has 0 saturated heterocycles. The number of aromatic amines is 1. The Labute approximate surface area is 124 Å². The van der Waals surface area contributed by atoms with Gasteiger partial charge in [-0.05, 0) is 55.6 Å². The fourth-order valence-electron chi connectivity index (χ4n) is 3.48. The number of halogens is 1. The quantitative estimate of drug-likeness (QED) is 0.746. The summed E-state index contributed by atoms with van der Waals surface area (Å²) in [6, 6.07) is 3.95. The summed E-state index contributed by atoms with van der Waals surface area (Å²) in [5.41, 5.74) is 2.55. The fourth-order valence-corrected chi connectivity index (χ4v) is 3.84. The monoisotopic (exact) mass is 292 g/mol. The molecule has 108 valence electrons. The van der Waals surface area contributed by atoms with E-state index in [0.717, 1.165) is 21.7 Å². The second-order valence-electron chi connectivity index (χ2n) is 6.01. The lowest BCUT2D eigenvalue weighted by atomic mass is 9.84. The largest absolute Gasteiger partial charge is 0.330 e. The Morgan fingerprint density at radius 1 is 1.40 bits per heavy atom. The summed E-state index contributed by atoms with van der Waals surface area (Å²) in [6.45, 7) is 4.08.